The first-order chi connectivity index (χ1) is 17.7. The quantitative estimate of drug-likeness (QED) is 0.451. The highest BCUT2D eigenvalue weighted by atomic mass is 32.1. The van der Waals surface area contributed by atoms with Gasteiger partial charge >= 0.3 is 0 Å². The van der Waals surface area contributed by atoms with Crippen molar-refractivity contribution in [1.82, 2.24) is 9.80 Å². The minimum Gasteiger partial charge on any atom is -0.491 e. The highest BCUT2D eigenvalue weighted by Crippen LogP contribution is 2.36. The first kappa shape index (κ1) is 22.9. The largest absolute Gasteiger partial charge is 0.491 e. The van der Waals surface area contributed by atoms with Crippen LogP contribution in [0.15, 0.2) is 60.0 Å². The molecule has 7 nitrogen and oxygen atoms in total. The number of amides is 2. The van der Waals surface area contributed by atoms with Crippen molar-refractivity contribution in [2.75, 3.05) is 33.0 Å². The molecule has 1 saturated carbocycles. The van der Waals surface area contributed by atoms with Crippen molar-refractivity contribution >= 4 is 23.2 Å². The molecule has 1 fully saturated rings. The van der Waals surface area contributed by atoms with Crippen LogP contribution in [-0.4, -0.2) is 54.6 Å². The van der Waals surface area contributed by atoms with Crippen LogP contribution in [-0.2, 0) is 11.2 Å². The fraction of sp³-hybridized carbons (Fsp3) is 0.357. The molecule has 0 bridgehead atoms. The summed E-state index contributed by atoms with van der Waals surface area (Å²) in [5.41, 5.74) is 1.65. The number of carbonyl (C=O) groups excluding carboxylic acids is 2. The number of rotatable bonds is 8. The Labute approximate surface area is 214 Å². The summed E-state index contributed by atoms with van der Waals surface area (Å²) in [7, 11) is 0. The van der Waals surface area contributed by atoms with E-state index in [0.29, 0.717) is 42.7 Å². The van der Waals surface area contributed by atoms with E-state index in [1.54, 1.807) is 34.4 Å². The molecular formula is C28H28N2O5S. The maximum absolute atomic E-state index is 13.7. The van der Waals surface area contributed by atoms with E-state index in [1.165, 1.54) is 4.88 Å². The van der Waals surface area contributed by atoms with Crippen molar-refractivity contribution in [3.8, 4) is 17.2 Å². The minimum absolute atomic E-state index is 0.0467. The molecule has 2 aromatic carbocycles. The molecule has 0 radical (unpaired) electrons. The second kappa shape index (κ2) is 9.85. The van der Waals surface area contributed by atoms with Crippen molar-refractivity contribution in [2.24, 2.45) is 5.92 Å². The molecule has 0 spiro atoms. The van der Waals surface area contributed by atoms with Crippen LogP contribution in [0.2, 0.25) is 0 Å². The lowest BCUT2D eigenvalue weighted by Crippen LogP contribution is -2.48. The van der Waals surface area contributed by atoms with E-state index in [-0.39, 0.29) is 31.2 Å². The molecule has 8 heteroatoms. The smallest absolute Gasteiger partial charge is 0.254 e. The molecule has 1 aromatic heterocycles. The number of carbonyl (C=O) groups is 2. The van der Waals surface area contributed by atoms with E-state index in [2.05, 4.69) is 11.4 Å². The molecule has 186 valence electrons. The van der Waals surface area contributed by atoms with Crippen LogP contribution in [0.4, 0.5) is 0 Å². The predicted octanol–water partition coefficient (Wildman–Crippen LogP) is 4.53. The Hall–Kier alpha value is -3.52. The molecule has 0 N–H and O–H groups in total. The molecule has 36 heavy (non-hydrogen) atoms. The summed E-state index contributed by atoms with van der Waals surface area (Å²) in [6.07, 6.45) is 3.00. The molecule has 3 aromatic rings. The Morgan fingerprint density at radius 2 is 1.89 bits per heavy atom. The van der Waals surface area contributed by atoms with Gasteiger partial charge in [-0.1, -0.05) is 18.2 Å². The lowest BCUT2D eigenvalue weighted by molar-refractivity contribution is -0.135. The molecule has 2 amide bonds. The van der Waals surface area contributed by atoms with E-state index < -0.39 is 0 Å². The molecule has 1 atom stereocenters. The average molecular weight is 505 g/mol. The summed E-state index contributed by atoms with van der Waals surface area (Å²) in [5.74, 6) is 2.23. The number of nitrogens with zero attached hydrogens (tertiary/aromatic N) is 2. The van der Waals surface area contributed by atoms with Crippen molar-refractivity contribution < 1.29 is 23.8 Å². The summed E-state index contributed by atoms with van der Waals surface area (Å²) in [4.78, 5) is 32.1. The van der Waals surface area contributed by atoms with Gasteiger partial charge in [0, 0.05) is 23.5 Å². The van der Waals surface area contributed by atoms with Crippen LogP contribution in [0.5, 0.6) is 17.2 Å². The van der Waals surface area contributed by atoms with E-state index in [4.69, 9.17) is 14.2 Å². The predicted molar refractivity (Wildman–Crippen MR) is 136 cm³/mol. The number of hydrogen-bond acceptors (Lipinski definition) is 6. The Kier molecular flexibility index (Phi) is 6.27. The summed E-state index contributed by atoms with van der Waals surface area (Å²) < 4.78 is 16.9. The van der Waals surface area contributed by atoms with Gasteiger partial charge in [0.2, 0.25) is 12.7 Å². The number of ether oxygens (including phenoxy) is 3. The third-order valence-corrected chi connectivity index (χ3v) is 7.97. The first-order valence-corrected chi connectivity index (χ1v) is 13.3. The minimum atomic E-state index is -0.184. The third kappa shape index (κ3) is 4.78. The van der Waals surface area contributed by atoms with Crippen LogP contribution >= 0.6 is 11.3 Å². The van der Waals surface area contributed by atoms with Crippen molar-refractivity contribution in [3.63, 3.8) is 0 Å². The first-order valence-electron chi connectivity index (χ1n) is 12.4. The van der Waals surface area contributed by atoms with Crippen LogP contribution in [0.3, 0.4) is 0 Å². The van der Waals surface area contributed by atoms with E-state index >= 15 is 0 Å². The van der Waals surface area contributed by atoms with Gasteiger partial charge in [0.15, 0.2) is 11.5 Å². The molecular weight excluding hydrogens is 476 g/mol. The van der Waals surface area contributed by atoms with Gasteiger partial charge in [-0.3, -0.25) is 9.59 Å². The van der Waals surface area contributed by atoms with Gasteiger partial charge in [-0.25, -0.2) is 0 Å². The molecule has 0 unspecified atom stereocenters. The third-order valence-electron chi connectivity index (χ3n) is 6.97. The van der Waals surface area contributed by atoms with Crippen LogP contribution in [0.1, 0.15) is 39.7 Å². The van der Waals surface area contributed by atoms with Crippen LogP contribution in [0, 0.1) is 5.92 Å². The van der Waals surface area contributed by atoms with Gasteiger partial charge in [-0.05, 0) is 72.5 Å². The number of benzene rings is 2. The highest BCUT2D eigenvalue weighted by molar-refractivity contribution is 7.10. The Morgan fingerprint density at radius 3 is 2.72 bits per heavy atom. The van der Waals surface area contributed by atoms with Gasteiger partial charge in [0.05, 0.1) is 6.04 Å². The summed E-state index contributed by atoms with van der Waals surface area (Å²) >= 11 is 1.73. The van der Waals surface area contributed by atoms with Gasteiger partial charge in [-0.2, -0.15) is 0 Å². The van der Waals surface area contributed by atoms with Gasteiger partial charge in [0.25, 0.3) is 5.91 Å². The molecule has 2 aliphatic heterocycles. The number of hydrogen-bond donors (Lipinski definition) is 0. The summed E-state index contributed by atoms with van der Waals surface area (Å²) in [6, 6.07) is 16.8. The Bertz CT molecular complexity index is 1260. The van der Waals surface area contributed by atoms with Crippen molar-refractivity contribution in [1.29, 1.82) is 0 Å². The maximum Gasteiger partial charge on any atom is 0.254 e. The lowest BCUT2D eigenvalue weighted by Gasteiger charge is -2.37. The molecule has 0 saturated heterocycles. The van der Waals surface area contributed by atoms with Gasteiger partial charge in [-0.15, -0.1) is 11.3 Å². The second-order valence-electron chi connectivity index (χ2n) is 9.47. The lowest BCUT2D eigenvalue weighted by atomic mass is 10.00. The van der Waals surface area contributed by atoms with E-state index in [0.717, 1.165) is 30.6 Å². The fourth-order valence-corrected chi connectivity index (χ4v) is 5.79. The van der Waals surface area contributed by atoms with E-state index in [1.807, 2.05) is 35.2 Å². The number of para-hydroxylation sites is 1. The maximum atomic E-state index is 13.7. The van der Waals surface area contributed by atoms with Crippen molar-refractivity contribution in [3.05, 3.63) is 76.0 Å². The summed E-state index contributed by atoms with van der Waals surface area (Å²) in [5, 5.41) is 2.08. The fourth-order valence-electron chi connectivity index (χ4n) is 4.86. The molecule has 3 heterocycles. The SMILES string of the molecule is O=C(c1ccc2c(c1)OCO2)N(CC(=O)N1CCc2sccc2[C@H]1COc1ccccc1)CC1CC1. The normalized spacial score (nSPS) is 18.0. The monoisotopic (exact) mass is 504 g/mol. The van der Waals surface area contributed by atoms with Crippen LogP contribution in [0.25, 0.3) is 0 Å². The van der Waals surface area contributed by atoms with E-state index in [9.17, 15) is 9.59 Å². The zero-order chi connectivity index (χ0) is 24.5. The Balaban J connectivity index is 1.21. The average Bonchev–Trinajstić information content (AvgIpc) is 3.38. The zero-order valence-electron chi connectivity index (χ0n) is 19.9. The Morgan fingerprint density at radius 1 is 1.06 bits per heavy atom. The second-order valence-corrected chi connectivity index (χ2v) is 10.5. The molecule has 3 aliphatic rings. The number of thiophene rings is 1. The molecule has 1 aliphatic carbocycles. The topological polar surface area (TPSA) is 68.3 Å². The molecule has 6 rings (SSSR count). The van der Waals surface area contributed by atoms with Gasteiger partial charge < -0.3 is 24.0 Å². The van der Waals surface area contributed by atoms with Crippen molar-refractivity contribution in [2.45, 2.75) is 25.3 Å². The number of fused-ring (bicyclic) bond motifs is 2. The summed E-state index contributed by atoms with van der Waals surface area (Å²) in [6.45, 7) is 1.78. The standard InChI is InChI=1S/C28H28N2O5S/c31-27(16-29(15-19-6-7-19)28(32)20-8-9-24-25(14-20)35-18-34-24)30-12-10-26-22(11-13-36-26)23(30)17-33-21-4-2-1-3-5-21/h1-5,8-9,11,13-14,19,23H,6-7,10,12,15-18H2/t23-/m1/s1. The van der Waals surface area contributed by atoms with Crippen LogP contribution < -0.4 is 14.2 Å². The highest BCUT2D eigenvalue weighted by Gasteiger charge is 2.35. The van der Waals surface area contributed by atoms with Gasteiger partial charge in [0.1, 0.15) is 18.9 Å². The zero-order valence-corrected chi connectivity index (χ0v) is 20.7.